The number of benzene rings is 2. The van der Waals surface area contributed by atoms with Crippen molar-refractivity contribution in [3.63, 3.8) is 0 Å². The average Bonchev–Trinajstić information content (AvgIpc) is 3.13. The predicted octanol–water partition coefficient (Wildman–Crippen LogP) is 1.70. The van der Waals surface area contributed by atoms with Gasteiger partial charge in [0.15, 0.2) is 11.5 Å². The van der Waals surface area contributed by atoms with Crippen LogP contribution in [0.1, 0.15) is 21.5 Å². The number of carbonyl (C=O) groups excluding carboxylic acids is 2. The Hall–Kier alpha value is -3.81. The molecule has 8 heteroatoms. The van der Waals surface area contributed by atoms with E-state index in [-0.39, 0.29) is 12.5 Å². The molecule has 144 valence electrons. The molecule has 0 bridgehead atoms. The van der Waals surface area contributed by atoms with E-state index in [4.69, 9.17) is 14.6 Å². The number of amides is 2. The first-order chi connectivity index (χ1) is 13.4. The summed E-state index contributed by atoms with van der Waals surface area (Å²) >= 11 is 0. The van der Waals surface area contributed by atoms with Crippen LogP contribution in [-0.4, -0.2) is 36.2 Å². The number of aryl methyl sites for hydroxylation is 1. The number of hydrogen-bond donors (Lipinski definition) is 3. The van der Waals surface area contributed by atoms with E-state index in [0.717, 1.165) is 5.56 Å². The third kappa shape index (κ3) is 4.67. The van der Waals surface area contributed by atoms with Crippen LogP contribution in [0.4, 0.5) is 0 Å². The van der Waals surface area contributed by atoms with Gasteiger partial charge in [-0.3, -0.25) is 14.4 Å². The summed E-state index contributed by atoms with van der Waals surface area (Å²) in [6.45, 7) is 1.43. The summed E-state index contributed by atoms with van der Waals surface area (Å²) in [7, 11) is 0. The van der Waals surface area contributed by atoms with E-state index in [9.17, 15) is 14.4 Å². The number of carboxylic acids is 1. The molecule has 0 spiro atoms. The fourth-order valence-corrected chi connectivity index (χ4v) is 2.48. The minimum Gasteiger partial charge on any atom is -0.480 e. The summed E-state index contributed by atoms with van der Waals surface area (Å²) in [5.74, 6) is -1.31. The van der Waals surface area contributed by atoms with Gasteiger partial charge < -0.3 is 25.2 Å². The Kier molecular flexibility index (Phi) is 5.59. The SMILES string of the molecule is Cc1ccc(C(=O)N/C(=C\c2ccc3c(c2)OCO3)C(=O)NCC(=O)O)cc1. The van der Waals surface area contributed by atoms with Gasteiger partial charge in [-0.2, -0.15) is 0 Å². The highest BCUT2D eigenvalue weighted by Gasteiger charge is 2.17. The molecule has 2 amide bonds. The molecular weight excluding hydrogens is 364 g/mol. The molecular formula is C20H18N2O6. The molecule has 1 heterocycles. The molecule has 3 N–H and O–H groups in total. The lowest BCUT2D eigenvalue weighted by atomic mass is 10.1. The number of fused-ring (bicyclic) bond motifs is 1. The summed E-state index contributed by atoms with van der Waals surface area (Å²) < 4.78 is 10.6. The molecule has 0 atom stereocenters. The van der Waals surface area contributed by atoms with E-state index < -0.39 is 24.3 Å². The lowest BCUT2D eigenvalue weighted by Crippen LogP contribution is -2.37. The summed E-state index contributed by atoms with van der Waals surface area (Å²) in [5, 5.41) is 13.6. The van der Waals surface area contributed by atoms with Crippen LogP contribution in [0.5, 0.6) is 11.5 Å². The van der Waals surface area contributed by atoms with Gasteiger partial charge in [-0.1, -0.05) is 23.8 Å². The normalized spacial score (nSPS) is 12.4. The minimum absolute atomic E-state index is 0.0920. The molecule has 0 unspecified atom stereocenters. The summed E-state index contributed by atoms with van der Waals surface area (Å²) in [6.07, 6.45) is 1.44. The third-order valence-electron chi connectivity index (χ3n) is 3.91. The Balaban J connectivity index is 1.85. The Morgan fingerprint density at radius 3 is 2.50 bits per heavy atom. The maximum absolute atomic E-state index is 12.5. The average molecular weight is 382 g/mol. The van der Waals surface area contributed by atoms with E-state index >= 15 is 0 Å². The van der Waals surface area contributed by atoms with Gasteiger partial charge in [0.05, 0.1) is 0 Å². The molecule has 1 aliphatic rings. The number of hydrogen-bond acceptors (Lipinski definition) is 5. The molecule has 2 aromatic rings. The number of ether oxygens (including phenoxy) is 2. The van der Waals surface area contributed by atoms with Crippen molar-refractivity contribution in [2.24, 2.45) is 0 Å². The van der Waals surface area contributed by atoms with E-state index in [1.807, 2.05) is 6.92 Å². The van der Waals surface area contributed by atoms with Gasteiger partial charge in [0.1, 0.15) is 12.2 Å². The van der Waals surface area contributed by atoms with E-state index in [1.165, 1.54) is 6.08 Å². The maximum Gasteiger partial charge on any atom is 0.322 e. The third-order valence-corrected chi connectivity index (χ3v) is 3.91. The highest BCUT2D eigenvalue weighted by Crippen LogP contribution is 2.33. The van der Waals surface area contributed by atoms with E-state index in [2.05, 4.69) is 10.6 Å². The smallest absolute Gasteiger partial charge is 0.322 e. The van der Waals surface area contributed by atoms with Gasteiger partial charge in [0, 0.05) is 5.56 Å². The zero-order valence-corrected chi connectivity index (χ0v) is 15.0. The fourth-order valence-electron chi connectivity index (χ4n) is 2.48. The van der Waals surface area contributed by atoms with Gasteiger partial charge in [-0.25, -0.2) is 0 Å². The van der Waals surface area contributed by atoms with Crippen LogP contribution in [0.15, 0.2) is 48.2 Å². The molecule has 1 aliphatic heterocycles. The van der Waals surface area contributed by atoms with Crippen molar-refractivity contribution in [1.82, 2.24) is 10.6 Å². The number of carbonyl (C=O) groups is 3. The number of rotatable bonds is 6. The first-order valence-corrected chi connectivity index (χ1v) is 8.42. The molecule has 0 aromatic heterocycles. The second kappa shape index (κ2) is 8.26. The second-order valence-corrected chi connectivity index (χ2v) is 6.07. The molecule has 0 saturated heterocycles. The van der Waals surface area contributed by atoms with Crippen LogP contribution in [0.2, 0.25) is 0 Å². The van der Waals surface area contributed by atoms with Gasteiger partial charge in [0.25, 0.3) is 11.8 Å². The summed E-state index contributed by atoms with van der Waals surface area (Å²) in [6, 6.07) is 11.9. The van der Waals surface area contributed by atoms with E-state index in [1.54, 1.807) is 42.5 Å². The molecule has 2 aromatic carbocycles. The topological polar surface area (TPSA) is 114 Å². The molecule has 0 radical (unpaired) electrons. The van der Waals surface area contributed by atoms with Crippen molar-refractivity contribution in [2.45, 2.75) is 6.92 Å². The molecule has 0 aliphatic carbocycles. The van der Waals surface area contributed by atoms with Crippen molar-refractivity contribution < 1.29 is 29.0 Å². The first-order valence-electron chi connectivity index (χ1n) is 8.42. The minimum atomic E-state index is -1.19. The molecule has 28 heavy (non-hydrogen) atoms. The highest BCUT2D eigenvalue weighted by molar-refractivity contribution is 6.05. The first kappa shape index (κ1) is 19.0. The van der Waals surface area contributed by atoms with Gasteiger partial charge >= 0.3 is 5.97 Å². The van der Waals surface area contributed by atoms with Crippen molar-refractivity contribution >= 4 is 23.9 Å². The quantitative estimate of drug-likeness (QED) is 0.655. The lowest BCUT2D eigenvalue weighted by Gasteiger charge is -2.11. The lowest BCUT2D eigenvalue weighted by molar-refractivity contribution is -0.137. The maximum atomic E-state index is 12.5. The van der Waals surface area contributed by atoms with Gasteiger partial charge in [-0.05, 0) is 42.8 Å². The Bertz CT molecular complexity index is 950. The van der Waals surface area contributed by atoms with Gasteiger partial charge in [-0.15, -0.1) is 0 Å². The Morgan fingerprint density at radius 1 is 1.07 bits per heavy atom. The number of nitrogens with one attached hydrogen (secondary N) is 2. The van der Waals surface area contributed by atoms with Gasteiger partial charge in [0.2, 0.25) is 6.79 Å². The van der Waals surface area contributed by atoms with Crippen LogP contribution in [0.25, 0.3) is 6.08 Å². The van der Waals surface area contributed by atoms with Crippen LogP contribution in [-0.2, 0) is 9.59 Å². The number of aliphatic carboxylic acids is 1. The van der Waals surface area contributed by atoms with Crippen molar-refractivity contribution in [2.75, 3.05) is 13.3 Å². The van der Waals surface area contributed by atoms with Crippen molar-refractivity contribution in [1.29, 1.82) is 0 Å². The largest absolute Gasteiger partial charge is 0.480 e. The van der Waals surface area contributed by atoms with Crippen LogP contribution >= 0.6 is 0 Å². The zero-order chi connectivity index (χ0) is 20.1. The monoisotopic (exact) mass is 382 g/mol. The fraction of sp³-hybridized carbons (Fsp3) is 0.150. The van der Waals surface area contributed by atoms with Crippen LogP contribution in [0.3, 0.4) is 0 Å². The predicted molar refractivity (Wildman–Crippen MR) is 99.8 cm³/mol. The molecule has 8 nitrogen and oxygen atoms in total. The van der Waals surface area contributed by atoms with Crippen molar-refractivity contribution in [3.05, 3.63) is 64.9 Å². The summed E-state index contributed by atoms with van der Waals surface area (Å²) in [4.78, 5) is 35.6. The second-order valence-electron chi connectivity index (χ2n) is 6.07. The summed E-state index contributed by atoms with van der Waals surface area (Å²) in [5.41, 5.74) is 1.85. The molecule has 0 saturated carbocycles. The molecule has 0 fully saturated rings. The van der Waals surface area contributed by atoms with Crippen molar-refractivity contribution in [3.8, 4) is 11.5 Å². The van der Waals surface area contributed by atoms with Crippen LogP contribution in [0, 0.1) is 6.92 Å². The Labute approximate surface area is 160 Å². The zero-order valence-electron chi connectivity index (χ0n) is 15.0. The molecule has 3 rings (SSSR count). The Morgan fingerprint density at radius 2 is 1.79 bits per heavy atom. The standard InChI is InChI=1S/C20H18N2O6/c1-12-2-5-14(6-3-12)19(25)22-15(20(26)21-10-18(23)24)8-13-4-7-16-17(9-13)28-11-27-16/h2-9H,10-11H2,1H3,(H,21,26)(H,22,25)(H,23,24)/b15-8-. The van der Waals surface area contributed by atoms with E-state index in [0.29, 0.717) is 22.6 Å². The van der Waals surface area contributed by atoms with Crippen LogP contribution < -0.4 is 20.1 Å². The number of carboxylic acid groups (broad SMARTS) is 1. The highest BCUT2D eigenvalue weighted by atomic mass is 16.7.